The van der Waals surface area contributed by atoms with Gasteiger partial charge in [-0.15, -0.1) is 0 Å². The minimum absolute atomic E-state index is 0.0371. The van der Waals surface area contributed by atoms with E-state index in [0.29, 0.717) is 31.0 Å². The first-order valence-corrected chi connectivity index (χ1v) is 5.91. The summed E-state index contributed by atoms with van der Waals surface area (Å²) in [6.45, 7) is 4.71. The highest BCUT2D eigenvalue weighted by Crippen LogP contribution is 2.24. The number of ether oxygens (including phenoxy) is 1. The fourth-order valence-corrected chi connectivity index (χ4v) is 2.00. The number of rotatable bonds is 7. The van der Waals surface area contributed by atoms with Gasteiger partial charge in [-0.25, -0.2) is 0 Å². The molecule has 1 aromatic rings. The van der Waals surface area contributed by atoms with Gasteiger partial charge in [-0.05, 0) is 20.9 Å². The van der Waals surface area contributed by atoms with Gasteiger partial charge in [0.05, 0.1) is 11.5 Å². The lowest BCUT2D eigenvalue weighted by molar-refractivity contribution is -0.386. The Balaban J connectivity index is 3.08. The highest BCUT2D eigenvalue weighted by molar-refractivity contribution is 5.41. The molecule has 0 bridgehead atoms. The Morgan fingerprint density at radius 3 is 2.72 bits per heavy atom. The van der Waals surface area contributed by atoms with Crippen LogP contribution in [-0.2, 0) is 17.7 Å². The maximum absolute atomic E-state index is 11.1. The first kappa shape index (κ1) is 14.6. The van der Waals surface area contributed by atoms with Crippen molar-refractivity contribution in [3.05, 3.63) is 21.5 Å². The van der Waals surface area contributed by atoms with Gasteiger partial charge in [-0.3, -0.25) is 14.8 Å². The van der Waals surface area contributed by atoms with Crippen LogP contribution in [0, 0.1) is 17.0 Å². The molecule has 1 atom stereocenters. The summed E-state index contributed by atoms with van der Waals surface area (Å²) < 4.78 is 6.77. The van der Waals surface area contributed by atoms with E-state index in [1.165, 1.54) is 0 Å². The lowest BCUT2D eigenvalue weighted by Crippen LogP contribution is -2.33. The number of likely N-dealkylation sites (N-methyl/N-ethyl adjacent to an activating group) is 1. The normalized spacial score (nSPS) is 12.7. The first-order valence-electron chi connectivity index (χ1n) is 5.91. The molecule has 0 aliphatic heterocycles. The molecule has 18 heavy (non-hydrogen) atoms. The van der Waals surface area contributed by atoms with Crippen molar-refractivity contribution in [2.45, 2.75) is 32.9 Å². The van der Waals surface area contributed by atoms with Crippen LogP contribution in [0.2, 0.25) is 0 Å². The molecule has 7 heteroatoms. The van der Waals surface area contributed by atoms with Crippen molar-refractivity contribution in [2.24, 2.45) is 0 Å². The number of hydrogen-bond donors (Lipinski definition) is 1. The Morgan fingerprint density at radius 1 is 1.61 bits per heavy atom. The van der Waals surface area contributed by atoms with Crippen LogP contribution in [0.5, 0.6) is 0 Å². The first-order chi connectivity index (χ1) is 8.54. The molecule has 0 amide bonds. The van der Waals surface area contributed by atoms with Gasteiger partial charge >= 0.3 is 5.69 Å². The van der Waals surface area contributed by atoms with Gasteiger partial charge in [0, 0.05) is 26.1 Å². The summed E-state index contributed by atoms with van der Waals surface area (Å²) in [5, 5.41) is 18.4. The topological polar surface area (TPSA) is 82.2 Å². The van der Waals surface area contributed by atoms with E-state index in [2.05, 4.69) is 10.4 Å². The van der Waals surface area contributed by atoms with E-state index in [-0.39, 0.29) is 16.7 Å². The monoisotopic (exact) mass is 256 g/mol. The number of nitrogens with zero attached hydrogens (tertiary/aromatic N) is 3. The summed E-state index contributed by atoms with van der Waals surface area (Å²) in [6, 6.07) is 0.0371. The average molecular weight is 256 g/mol. The summed E-state index contributed by atoms with van der Waals surface area (Å²) in [5.74, 6) is 0. The lowest BCUT2D eigenvalue weighted by atomic mass is 10.1. The Kier molecular flexibility index (Phi) is 5.24. The lowest BCUT2D eigenvalue weighted by Gasteiger charge is -2.15. The van der Waals surface area contributed by atoms with E-state index in [0.717, 1.165) is 0 Å². The third-order valence-electron chi connectivity index (χ3n) is 2.90. The number of aromatic nitrogens is 2. The zero-order chi connectivity index (χ0) is 13.7. The summed E-state index contributed by atoms with van der Waals surface area (Å²) in [5.41, 5.74) is 1.23. The molecular formula is C11H20N4O3. The van der Waals surface area contributed by atoms with Crippen LogP contribution < -0.4 is 5.32 Å². The maximum Gasteiger partial charge on any atom is 0.313 e. The van der Waals surface area contributed by atoms with Gasteiger partial charge in [0.1, 0.15) is 11.4 Å². The van der Waals surface area contributed by atoms with Crippen LogP contribution in [-0.4, -0.2) is 41.5 Å². The number of aryl methyl sites for hydroxylation is 2. The predicted octanol–water partition coefficient (Wildman–Crippen LogP) is 0.897. The van der Waals surface area contributed by atoms with Crippen LogP contribution in [0.1, 0.15) is 18.3 Å². The molecule has 102 valence electrons. The molecular weight excluding hydrogens is 236 g/mol. The second-order valence-corrected chi connectivity index (χ2v) is 4.10. The van der Waals surface area contributed by atoms with Gasteiger partial charge in [0.25, 0.3) is 0 Å². The van der Waals surface area contributed by atoms with E-state index in [1.54, 1.807) is 18.7 Å². The fourth-order valence-electron chi connectivity index (χ4n) is 2.00. The summed E-state index contributed by atoms with van der Waals surface area (Å²) >= 11 is 0. The molecule has 1 heterocycles. The molecule has 0 saturated carbocycles. The van der Waals surface area contributed by atoms with Gasteiger partial charge in [-0.2, -0.15) is 5.10 Å². The molecule has 0 aromatic carbocycles. The summed E-state index contributed by atoms with van der Waals surface area (Å²) in [7, 11) is 3.43. The standard InChI is InChI=1S/C11H20N4O3/c1-5-14-10(6-9(12-3)7-18-4)11(15(16)17)8(2)13-14/h9,12H,5-7H2,1-4H3. The molecule has 0 aliphatic rings. The summed E-state index contributed by atoms with van der Waals surface area (Å²) in [4.78, 5) is 10.7. The minimum Gasteiger partial charge on any atom is -0.383 e. The zero-order valence-electron chi connectivity index (χ0n) is 11.3. The van der Waals surface area contributed by atoms with E-state index < -0.39 is 0 Å². The Morgan fingerprint density at radius 2 is 2.28 bits per heavy atom. The average Bonchev–Trinajstić information content (AvgIpc) is 2.64. The minimum atomic E-state index is -0.358. The molecule has 0 aliphatic carbocycles. The van der Waals surface area contributed by atoms with Crippen molar-refractivity contribution in [3.8, 4) is 0 Å². The quantitative estimate of drug-likeness (QED) is 0.579. The second-order valence-electron chi connectivity index (χ2n) is 4.10. The number of nitrogens with one attached hydrogen (secondary N) is 1. The van der Waals surface area contributed by atoms with Gasteiger partial charge in [-0.1, -0.05) is 0 Å². The molecule has 1 N–H and O–H groups in total. The fraction of sp³-hybridized carbons (Fsp3) is 0.727. The van der Waals surface area contributed by atoms with Crippen molar-refractivity contribution in [3.63, 3.8) is 0 Å². The van der Waals surface area contributed by atoms with Crippen LogP contribution in [0.4, 0.5) is 5.69 Å². The molecule has 1 unspecified atom stereocenters. The molecule has 1 rings (SSSR count). The van der Waals surface area contributed by atoms with Crippen molar-refractivity contribution >= 4 is 5.69 Å². The van der Waals surface area contributed by atoms with E-state index in [1.807, 2.05) is 14.0 Å². The second kappa shape index (κ2) is 6.46. The predicted molar refractivity (Wildman–Crippen MR) is 67.7 cm³/mol. The zero-order valence-corrected chi connectivity index (χ0v) is 11.3. The summed E-state index contributed by atoms with van der Waals surface area (Å²) in [6.07, 6.45) is 0.523. The molecule has 0 fully saturated rings. The van der Waals surface area contributed by atoms with Crippen molar-refractivity contribution in [1.29, 1.82) is 0 Å². The molecule has 0 saturated heterocycles. The smallest absolute Gasteiger partial charge is 0.313 e. The van der Waals surface area contributed by atoms with Gasteiger partial charge < -0.3 is 10.1 Å². The Labute approximate surface area is 106 Å². The number of hydrogen-bond acceptors (Lipinski definition) is 5. The van der Waals surface area contributed by atoms with Crippen molar-refractivity contribution < 1.29 is 9.66 Å². The number of methoxy groups -OCH3 is 1. The molecule has 0 spiro atoms. The van der Waals surface area contributed by atoms with Gasteiger partial charge in [0.2, 0.25) is 0 Å². The van der Waals surface area contributed by atoms with E-state index >= 15 is 0 Å². The van der Waals surface area contributed by atoms with Crippen LogP contribution in [0.3, 0.4) is 0 Å². The molecule has 1 aromatic heterocycles. The third-order valence-corrected chi connectivity index (χ3v) is 2.90. The van der Waals surface area contributed by atoms with Gasteiger partial charge in [0.15, 0.2) is 0 Å². The van der Waals surface area contributed by atoms with Crippen molar-refractivity contribution in [2.75, 3.05) is 20.8 Å². The largest absolute Gasteiger partial charge is 0.383 e. The number of nitro groups is 1. The Bertz CT molecular complexity index is 417. The highest BCUT2D eigenvalue weighted by atomic mass is 16.6. The molecule has 7 nitrogen and oxygen atoms in total. The maximum atomic E-state index is 11.1. The third kappa shape index (κ3) is 3.05. The van der Waals surface area contributed by atoms with Crippen molar-refractivity contribution in [1.82, 2.24) is 15.1 Å². The van der Waals surface area contributed by atoms with Crippen LogP contribution >= 0.6 is 0 Å². The van der Waals surface area contributed by atoms with E-state index in [4.69, 9.17) is 4.74 Å². The highest BCUT2D eigenvalue weighted by Gasteiger charge is 2.26. The van der Waals surface area contributed by atoms with E-state index in [9.17, 15) is 10.1 Å². The van der Waals surface area contributed by atoms with Crippen LogP contribution in [0.15, 0.2) is 0 Å². The Hall–Kier alpha value is -1.47. The van der Waals surface area contributed by atoms with Crippen LogP contribution in [0.25, 0.3) is 0 Å². The molecule has 0 radical (unpaired) electrons. The SMILES string of the molecule is CCn1nc(C)c([N+](=O)[O-])c1CC(COC)NC.